The number of likely N-dealkylation sites (tertiary alicyclic amines) is 2. The monoisotopic (exact) mass is 389 g/mol. The first-order chi connectivity index (χ1) is 13.6. The zero-order valence-electron chi connectivity index (χ0n) is 16.6. The summed E-state index contributed by atoms with van der Waals surface area (Å²) < 4.78 is 5.36. The number of imidazole rings is 1. The Kier molecular flexibility index (Phi) is 5.96. The predicted molar refractivity (Wildman–Crippen MR) is 104 cm³/mol. The fourth-order valence-corrected chi connectivity index (χ4v) is 4.67. The van der Waals surface area contributed by atoms with E-state index >= 15 is 0 Å². The van der Waals surface area contributed by atoms with Crippen LogP contribution in [0.15, 0.2) is 12.5 Å². The van der Waals surface area contributed by atoms with Crippen LogP contribution < -0.4 is 0 Å². The van der Waals surface area contributed by atoms with Crippen molar-refractivity contribution in [1.29, 1.82) is 0 Å². The molecule has 1 aromatic rings. The second-order valence-electron chi connectivity index (χ2n) is 8.41. The molecule has 28 heavy (non-hydrogen) atoms. The minimum Gasteiger partial charge on any atom is -0.379 e. The number of nitrogens with zero attached hydrogens (tertiary/aromatic N) is 4. The van der Waals surface area contributed by atoms with E-state index in [-0.39, 0.29) is 17.2 Å². The van der Waals surface area contributed by atoms with Crippen LogP contribution in [0.5, 0.6) is 0 Å². The number of carbonyl (C=O) groups is 2. The molecule has 4 rings (SSSR count). The van der Waals surface area contributed by atoms with Crippen molar-refractivity contribution in [3.63, 3.8) is 0 Å². The maximum atomic E-state index is 12.7. The molecule has 0 bridgehead atoms. The molecule has 2 amide bonds. The van der Waals surface area contributed by atoms with Gasteiger partial charge in [-0.15, -0.1) is 0 Å². The van der Waals surface area contributed by atoms with Crippen molar-refractivity contribution in [2.75, 3.05) is 59.0 Å². The Hall–Kier alpha value is -1.93. The minimum absolute atomic E-state index is 0.178. The van der Waals surface area contributed by atoms with Crippen molar-refractivity contribution in [3.05, 3.63) is 18.2 Å². The lowest BCUT2D eigenvalue weighted by Gasteiger charge is -2.47. The molecule has 1 aromatic heterocycles. The molecule has 1 spiro atoms. The van der Waals surface area contributed by atoms with Crippen molar-refractivity contribution in [3.8, 4) is 0 Å². The molecule has 1 N–H and O–H groups in total. The van der Waals surface area contributed by atoms with Crippen molar-refractivity contribution in [2.24, 2.45) is 5.41 Å². The number of piperidine rings is 2. The molecule has 0 aromatic carbocycles. The normalized spacial score (nSPS) is 23.4. The molecule has 3 aliphatic heterocycles. The molecule has 8 heteroatoms. The number of rotatable bonds is 5. The first-order valence-electron chi connectivity index (χ1n) is 10.5. The molecule has 0 saturated carbocycles. The van der Waals surface area contributed by atoms with Crippen LogP contribution in [0.25, 0.3) is 0 Å². The number of aromatic amines is 1. The quantitative estimate of drug-likeness (QED) is 0.794. The summed E-state index contributed by atoms with van der Waals surface area (Å²) in [6.45, 7) is 6.82. The van der Waals surface area contributed by atoms with E-state index in [4.69, 9.17) is 4.74 Å². The van der Waals surface area contributed by atoms with Crippen LogP contribution in [-0.4, -0.2) is 95.5 Å². The van der Waals surface area contributed by atoms with Crippen molar-refractivity contribution < 1.29 is 14.3 Å². The molecular formula is C20H31N5O3. The number of nitrogens with one attached hydrogen (secondary N) is 1. The summed E-state index contributed by atoms with van der Waals surface area (Å²) in [5.41, 5.74) is 1.24. The molecule has 154 valence electrons. The van der Waals surface area contributed by atoms with Gasteiger partial charge in [-0.1, -0.05) is 0 Å². The minimum atomic E-state index is 0.178. The molecule has 4 heterocycles. The zero-order valence-corrected chi connectivity index (χ0v) is 16.6. The first-order valence-corrected chi connectivity index (χ1v) is 10.5. The Morgan fingerprint density at radius 3 is 2.68 bits per heavy atom. The van der Waals surface area contributed by atoms with Crippen LogP contribution in [-0.2, 0) is 20.7 Å². The summed E-state index contributed by atoms with van der Waals surface area (Å²) in [5.74, 6) is 0.496. The van der Waals surface area contributed by atoms with Crippen LogP contribution in [0.2, 0.25) is 0 Å². The SMILES string of the molecule is O=C(CN1CCOCC1)N1CCC2(CCC(=O)N(CCc3cnc[nH]3)C2)CC1. The standard InChI is InChI=1S/C20H31N5O3/c26-18-1-3-20(15-25(18)6-2-17-13-21-16-22-17)4-7-24(8-5-20)19(27)14-23-9-11-28-12-10-23/h13,16H,1-12,14-15H2,(H,21,22). The highest BCUT2D eigenvalue weighted by Crippen LogP contribution is 2.40. The Morgan fingerprint density at radius 2 is 1.96 bits per heavy atom. The summed E-state index contributed by atoms with van der Waals surface area (Å²) in [4.78, 5) is 38.4. The third-order valence-corrected chi connectivity index (χ3v) is 6.59. The summed E-state index contributed by atoms with van der Waals surface area (Å²) in [6.07, 6.45) is 7.89. The van der Waals surface area contributed by atoms with Gasteiger partial charge in [0.25, 0.3) is 0 Å². The first kappa shape index (κ1) is 19.4. The zero-order chi connectivity index (χ0) is 19.4. The van der Waals surface area contributed by atoms with Crippen molar-refractivity contribution in [1.82, 2.24) is 24.7 Å². The fraction of sp³-hybridized carbons (Fsp3) is 0.750. The Bertz CT molecular complexity index is 663. The van der Waals surface area contributed by atoms with Gasteiger partial charge in [-0.25, -0.2) is 4.98 Å². The topological polar surface area (TPSA) is 81.8 Å². The van der Waals surface area contributed by atoms with Gasteiger partial charge in [0.1, 0.15) is 0 Å². The van der Waals surface area contributed by atoms with Crippen LogP contribution in [0.3, 0.4) is 0 Å². The van der Waals surface area contributed by atoms with E-state index < -0.39 is 0 Å². The van der Waals surface area contributed by atoms with Crippen molar-refractivity contribution >= 4 is 11.8 Å². The Balaban J connectivity index is 1.27. The molecule has 0 aliphatic carbocycles. The van der Waals surface area contributed by atoms with Gasteiger partial charge in [0.05, 0.1) is 26.1 Å². The number of aromatic nitrogens is 2. The van der Waals surface area contributed by atoms with E-state index in [1.165, 1.54) is 0 Å². The lowest BCUT2D eigenvalue weighted by Crippen LogP contribution is -2.54. The number of hydrogen-bond donors (Lipinski definition) is 1. The molecule has 0 atom stereocenters. The van der Waals surface area contributed by atoms with Crippen LogP contribution >= 0.6 is 0 Å². The van der Waals surface area contributed by atoms with E-state index in [9.17, 15) is 9.59 Å². The van der Waals surface area contributed by atoms with Crippen LogP contribution in [0.4, 0.5) is 0 Å². The average Bonchev–Trinajstić information content (AvgIpc) is 3.24. The van der Waals surface area contributed by atoms with Crippen molar-refractivity contribution in [2.45, 2.75) is 32.1 Å². The lowest BCUT2D eigenvalue weighted by molar-refractivity contribution is -0.143. The second-order valence-corrected chi connectivity index (χ2v) is 8.41. The fourth-order valence-electron chi connectivity index (χ4n) is 4.67. The number of ether oxygens (including phenoxy) is 1. The summed E-state index contributed by atoms with van der Waals surface area (Å²) in [5, 5.41) is 0. The van der Waals surface area contributed by atoms with Gasteiger partial charge >= 0.3 is 0 Å². The third kappa shape index (κ3) is 4.55. The summed E-state index contributed by atoms with van der Waals surface area (Å²) >= 11 is 0. The summed E-state index contributed by atoms with van der Waals surface area (Å²) in [7, 11) is 0. The lowest BCUT2D eigenvalue weighted by atomic mass is 9.72. The van der Waals surface area contributed by atoms with E-state index in [1.54, 1.807) is 6.33 Å². The Labute approximate surface area is 166 Å². The van der Waals surface area contributed by atoms with Gasteiger partial charge < -0.3 is 19.5 Å². The van der Waals surface area contributed by atoms with E-state index in [0.29, 0.717) is 13.0 Å². The molecule has 8 nitrogen and oxygen atoms in total. The van der Waals surface area contributed by atoms with E-state index in [1.807, 2.05) is 16.0 Å². The predicted octanol–water partition coefficient (Wildman–Crippen LogP) is 0.516. The molecule has 0 unspecified atom stereocenters. The smallest absolute Gasteiger partial charge is 0.236 e. The number of hydrogen-bond acceptors (Lipinski definition) is 5. The summed E-state index contributed by atoms with van der Waals surface area (Å²) in [6, 6.07) is 0. The number of morpholine rings is 1. The van der Waals surface area contributed by atoms with E-state index in [0.717, 1.165) is 83.9 Å². The van der Waals surface area contributed by atoms with Gasteiger partial charge in [-0.3, -0.25) is 14.5 Å². The Morgan fingerprint density at radius 1 is 1.18 bits per heavy atom. The third-order valence-electron chi connectivity index (χ3n) is 6.59. The molecule has 3 fully saturated rings. The molecule has 0 radical (unpaired) electrons. The van der Waals surface area contributed by atoms with Gasteiger partial charge in [0.2, 0.25) is 11.8 Å². The highest BCUT2D eigenvalue weighted by Gasteiger charge is 2.41. The maximum Gasteiger partial charge on any atom is 0.236 e. The van der Waals surface area contributed by atoms with Gasteiger partial charge in [0.15, 0.2) is 0 Å². The number of amides is 2. The number of carbonyl (C=O) groups excluding carboxylic acids is 2. The molecule has 3 saturated heterocycles. The van der Waals surface area contributed by atoms with Crippen LogP contribution in [0.1, 0.15) is 31.4 Å². The molecule has 3 aliphatic rings. The molecular weight excluding hydrogens is 358 g/mol. The van der Waals surface area contributed by atoms with E-state index in [2.05, 4.69) is 14.9 Å². The van der Waals surface area contributed by atoms with Gasteiger partial charge in [0, 0.05) is 64.0 Å². The maximum absolute atomic E-state index is 12.7. The average molecular weight is 390 g/mol. The van der Waals surface area contributed by atoms with Gasteiger partial charge in [-0.2, -0.15) is 0 Å². The highest BCUT2D eigenvalue weighted by molar-refractivity contribution is 5.79. The second kappa shape index (κ2) is 8.61. The number of H-pyrrole nitrogens is 1. The van der Waals surface area contributed by atoms with Gasteiger partial charge in [-0.05, 0) is 24.7 Å². The van der Waals surface area contributed by atoms with Crippen LogP contribution in [0, 0.1) is 5.41 Å². The largest absolute Gasteiger partial charge is 0.379 e. The highest BCUT2D eigenvalue weighted by atomic mass is 16.5.